The molecule has 0 amide bonds. The minimum atomic E-state index is -5.42. The summed E-state index contributed by atoms with van der Waals surface area (Å²) in [6, 6.07) is 0. The molecular formula is C12H24O12S2. The summed E-state index contributed by atoms with van der Waals surface area (Å²) in [5, 5.41) is 75.8. The second kappa shape index (κ2) is 9.90. The fourth-order valence-corrected chi connectivity index (χ4v) is 5.82. The Kier molecular flexibility index (Phi) is 9.12. The molecule has 1 heterocycles. The maximum Gasteiger partial charge on any atom is 0.218 e. The lowest BCUT2D eigenvalue weighted by Crippen LogP contribution is -2.53. The zero-order valence-electron chi connectivity index (χ0n) is 13.5. The van der Waals surface area contributed by atoms with Gasteiger partial charge in [-0.3, -0.25) is 4.18 Å². The lowest BCUT2D eigenvalue weighted by Gasteiger charge is -2.31. The summed E-state index contributed by atoms with van der Waals surface area (Å²) in [6.45, 7) is -1.53. The van der Waals surface area contributed by atoms with Crippen LogP contribution < -0.4 is 0 Å². The Balaban J connectivity index is 2.95. The highest BCUT2D eigenvalue weighted by Gasteiger charge is 2.51. The zero-order valence-corrected chi connectivity index (χ0v) is 15.1. The van der Waals surface area contributed by atoms with Crippen molar-refractivity contribution in [2.24, 2.45) is 0 Å². The van der Waals surface area contributed by atoms with Crippen molar-refractivity contribution >= 4 is 21.3 Å². The SMILES string of the molecule is O=S(=O)([O-])O[C@@H]([C@@H](O)[C@H](O)[C@@H](O)CO)[C@H](O)C[S+]1C[C@@H](O)[C@H](O)[C@H]1CO. The second-order valence-electron chi connectivity index (χ2n) is 5.92. The molecule has 1 aliphatic heterocycles. The van der Waals surface area contributed by atoms with E-state index in [4.69, 9.17) is 5.11 Å². The minimum Gasteiger partial charge on any atom is -0.726 e. The Bertz CT molecular complexity index is 530. The number of hydrogen-bond donors (Lipinski definition) is 8. The van der Waals surface area contributed by atoms with Gasteiger partial charge in [0.1, 0.15) is 54.2 Å². The molecule has 0 aliphatic carbocycles. The van der Waals surface area contributed by atoms with Crippen LogP contribution in [0.15, 0.2) is 0 Å². The van der Waals surface area contributed by atoms with Crippen LogP contribution in [0.3, 0.4) is 0 Å². The molecule has 156 valence electrons. The molecule has 0 aromatic carbocycles. The van der Waals surface area contributed by atoms with Gasteiger partial charge >= 0.3 is 0 Å². The molecule has 1 aliphatic rings. The topological polar surface area (TPSA) is 228 Å². The van der Waals surface area contributed by atoms with Gasteiger partial charge in [0.2, 0.25) is 10.4 Å². The van der Waals surface area contributed by atoms with Crippen molar-refractivity contribution in [1.29, 1.82) is 0 Å². The third-order valence-electron chi connectivity index (χ3n) is 4.03. The van der Waals surface area contributed by atoms with Crippen molar-refractivity contribution < 1.29 is 58.0 Å². The van der Waals surface area contributed by atoms with Crippen molar-refractivity contribution in [3.63, 3.8) is 0 Å². The molecule has 0 radical (unpaired) electrons. The van der Waals surface area contributed by atoms with Crippen LogP contribution in [-0.2, 0) is 25.5 Å². The van der Waals surface area contributed by atoms with Crippen LogP contribution >= 0.6 is 0 Å². The van der Waals surface area contributed by atoms with Gasteiger partial charge in [0, 0.05) is 10.9 Å². The number of aliphatic hydroxyl groups is 8. The van der Waals surface area contributed by atoms with Crippen LogP contribution in [0.5, 0.6) is 0 Å². The highest BCUT2D eigenvalue weighted by Crippen LogP contribution is 2.26. The van der Waals surface area contributed by atoms with E-state index in [0.717, 1.165) is 0 Å². The van der Waals surface area contributed by atoms with E-state index in [2.05, 4.69) is 4.18 Å². The fourth-order valence-electron chi connectivity index (χ4n) is 2.62. The average Bonchev–Trinajstić information content (AvgIpc) is 2.82. The van der Waals surface area contributed by atoms with E-state index in [9.17, 15) is 48.7 Å². The summed E-state index contributed by atoms with van der Waals surface area (Å²) < 4.78 is 36.7. The summed E-state index contributed by atoms with van der Waals surface area (Å²) >= 11 is 0. The Morgan fingerprint density at radius 3 is 2.12 bits per heavy atom. The summed E-state index contributed by atoms with van der Waals surface area (Å²) in [7, 11) is -6.45. The maximum atomic E-state index is 10.9. The Labute approximate surface area is 152 Å². The first kappa shape index (κ1) is 23.9. The quantitative estimate of drug-likeness (QED) is 0.0931. The number of aliphatic hydroxyl groups excluding tert-OH is 8. The molecule has 1 unspecified atom stereocenters. The fraction of sp³-hybridized carbons (Fsp3) is 1.00. The first-order chi connectivity index (χ1) is 11.9. The van der Waals surface area contributed by atoms with E-state index in [-0.39, 0.29) is 11.5 Å². The van der Waals surface area contributed by atoms with Crippen LogP contribution in [0.1, 0.15) is 0 Å². The third kappa shape index (κ3) is 6.22. The molecule has 0 aromatic rings. The molecule has 14 heteroatoms. The predicted molar refractivity (Wildman–Crippen MR) is 85.7 cm³/mol. The highest BCUT2D eigenvalue weighted by molar-refractivity contribution is 7.97. The standard InChI is InChI=1S/C12H24O12S2/c13-1-5(15)10(19)11(20)12(24-26(21,22)23)7(17)4-25-3-6(16)9(18)8(25)2-14/h5-20H,1-4H2/t5-,6+,7+,8+,9-,10+,11-,12+,25?/m0/s1. The average molecular weight is 424 g/mol. The van der Waals surface area contributed by atoms with Gasteiger partial charge in [-0.2, -0.15) is 0 Å². The molecule has 0 aromatic heterocycles. The molecule has 12 nitrogen and oxygen atoms in total. The third-order valence-corrected chi connectivity index (χ3v) is 7.31. The van der Waals surface area contributed by atoms with Gasteiger partial charge in [0.15, 0.2) is 5.25 Å². The monoisotopic (exact) mass is 424 g/mol. The number of hydrogen-bond acceptors (Lipinski definition) is 12. The van der Waals surface area contributed by atoms with Crippen LogP contribution in [0.25, 0.3) is 0 Å². The van der Waals surface area contributed by atoms with E-state index in [1.165, 1.54) is 0 Å². The Morgan fingerprint density at radius 2 is 1.65 bits per heavy atom. The van der Waals surface area contributed by atoms with Gasteiger partial charge in [0.25, 0.3) is 0 Å². The molecule has 0 spiro atoms. The first-order valence-corrected chi connectivity index (χ1v) is 10.5. The molecule has 26 heavy (non-hydrogen) atoms. The van der Waals surface area contributed by atoms with Crippen LogP contribution in [0, 0.1) is 0 Å². The Morgan fingerprint density at radius 1 is 1.08 bits per heavy atom. The van der Waals surface area contributed by atoms with Gasteiger partial charge in [-0.05, 0) is 0 Å². The van der Waals surface area contributed by atoms with Crippen molar-refractivity contribution in [3.05, 3.63) is 0 Å². The summed E-state index contributed by atoms with van der Waals surface area (Å²) in [5.41, 5.74) is 0. The van der Waals surface area contributed by atoms with Crippen LogP contribution in [0.2, 0.25) is 0 Å². The minimum absolute atomic E-state index is 0.0296. The first-order valence-electron chi connectivity index (χ1n) is 7.53. The van der Waals surface area contributed by atoms with Gasteiger partial charge < -0.3 is 45.4 Å². The summed E-state index contributed by atoms with van der Waals surface area (Å²) in [6.07, 6.45) is -12.8. The lowest BCUT2D eigenvalue weighted by atomic mass is 10.0. The van der Waals surface area contributed by atoms with Gasteiger partial charge in [0.05, 0.1) is 13.2 Å². The van der Waals surface area contributed by atoms with Crippen molar-refractivity contribution in [2.45, 2.75) is 48.0 Å². The van der Waals surface area contributed by atoms with Crippen molar-refractivity contribution in [2.75, 3.05) is 24.7 Å². The van der Waals surface area contributed by atoms with E-state index >= 15 is 0 Å². The second-order valence-corrected chi connectivity index (χ2v) is 9.27. The zero-order chi connectivity index (χ0) is 20.2. The van der Waals surface area contributed by atoms with Gasteiger partial charge in [-0.25, -0.2) is 8.42 Å². The lowest BCUT2D eigenvalue weighted by molar-refractivity contribution is -0.129. The van der Waals surface area contributed by atoms with Crippen LogP contribution in [-0.4, -0.2) is 127 Å². The maximum absolute atomic E-state index is 10.9. The van der Waals surface area contributed by atoms with Gasteiger partial charge in [-0.15, -0.1) is 0 Å². The summed E-state index contributed by atoms with van der Waals surface area (Å²) in [5.74, 6) is -0.406. The van der Waals surface area contributed by atoms with Gasteiger partial charge in [-0.1, -0.05) is 0 Å². The molecular weight excluding hydrogens is 400 g/mol. The molecule has 1 saturated heterocycles. The largest absolute Gasteiger partial charge is 0.726 e. The molecule has 9 atom stereocenters. The number of rotatable bonds is 10. The molecule has 0 saturated carbocycles. The van der Waals surface area contributed by atoms with E-state index in [0.29, 0.717) is 0 Å². The molecule has 8 N–H and O–H groups in total. The highest BCUT2D eigenvalue weighted by atomic mass is 32.3. The normalized spacial score (nSPS) is 32.8. The van der Waals surface area contributed by atoms with E-state index in [1.54, 1.807) is 0 Å². The van der Waals surface area contributed by atoms with E-state index in [1.807, 2.05) is 0 Å². The van der Waals surface area contributed by atoms with Crippen molar-refractivity contribution in [3.8, 4) is 0 Å². The van der Waals surface area contributed by atoms with Crippen molar-refractivity contribution in [1.82, 2.24) is 0 Å². The molecule has 0 bridgehead atoms. The smallest absolute Gasteiger partial charge is 0.218 e. The molecule has 1 fully saturated rings. The predicted octanol–water partition coefficient (Wildman–Crippen LogP) is -6.02. The van der Waals surface area contributed by atoms with E-state index < -0.39 is 82.5 Å². The van der Waals surface area contributed by atoms with Crippen LogP contribution in [0.4, 0.5) is 0 Å². The summed E-state index contributed by atoms with van der Waals surface area (Å²) in [4.78, 5) is 0. The molecule has 1 rings (SSSR count). The Hall–Kier alpha value is -0.100.